The van der Waals surface area contributed by atoms with E-state index in [1.54, 1.807) is 10.8 Å². The van der Waals surface area contributed by atoms with E-state index in [1.165, 1.54) is 324 Å². The van der Waals surface area contributed by atoms with Crippen molar-refractivity contribution in [3.63, 3.8) is 0 Å². The Morgan fingerprint density at radius 3 is 0.624 bits per heavy atom. The highest BCUT2D eigenvalue weighted by Gasteiger charge is 2.83. The maximum absolute atomic E-state index is 16.7. The average molecular weight is 1080 g/mol. The normalized spacial score (nSPS) is 22.2. The van der Waals surface area contributed by atoms with Crippen molar-refractivity contribution in [2.45, 2.75) is 74.3 Å². The zero-order valence-electron chi connectivity index (χ0n) is 45.1. The molecule has 0 saturated carbocycles. The number of likely N-dealkylation sites (tertiary alicyclic amines) is 1. The Hall–Kier alpha value is -9.66. The molecule has 0 bridgehead atoms. The van der Waals surface area contributed by atoms with Gasteiger partial charge in [0.2, 0.25) is 5.91 Å². The topological polar surface area (TPSA) is 99.2 Å². The Morgan fingerprint density at radius 2 is 0.435 bits per heavy atom. The van der Waals surface area contributed by atoms with Crippen LogP contribution in [0.15, 0.2) is 0 Å². The summed E-state index contributed by atoms with van der Waals surface area (Å²) in [5.74, 6) is -1.29. The van der Waals surface area contributed by atoms with E-state index >= 15 is 14.4 Å². The highest BCUT2D eigenvalue weighted by atomic mass is 16.5. The van der Waals surface area contributed by atoms with Crippen LogP contribution in [0.3, 0.4) is 0 Å². The number of hydrogen-bond acceptors (Lipinski definition) is 7. The first-order chi connectivity index (χ1) is 42.0. The predicted octanol–water partition coefficient (Wildman–Crippen LogP) is 17.5. The lowest BCUT2D eigenvalue weighted by Crippen LogP contribution is -2.59. The third kappa shape index (κ3) is 2.29. The summed E-state index contributed by atoms with van der Waals surface area (Å²) < 4.78 is 17.7. The molecule has 28 aromatic carbocycles. The fourth-order valence-electron chi connectivity index (χ4n) is 27.5. The number of esters is 3. The van der Waals surface area contributed by atoms with E-state index in [0.29, 0.717) is 12.8 Å². The Kier molecular flexibility index (Phi) is 3.99. The SMILES string of the molecule is COC(=O)CCCCCCCCC(=O)N1[C@@H](C(=O)OC)C23c4c5c6c7c8c9c(c%10c%11c2c2c4c4c%12c5c5c6c6c8c8c%13c9c9c%10c%10c%11c%11c2c2c4c4c%12c%12c5c5c6c8c6c8c%13c9c9c%10c%10c%11c2c2c4c4c%12c5c6c5c8c9c%10c2c45)C73[C@H]1C(=O)OC. The molecule has 0 radical (unpaired) electrons. The van der Waals surface area contributed by atoms with Gasteiger partial charge in [-0.05, 0) is 326 Å². The lowest BCUT2D eigenvalue weighted by molar-refractivity contribution is -0.159. The van der Waals surface area contributed by atoms with Crippen molar-refractivity contribution in [1.82, 2.24) is 4.90 Å². The number of ether oxygens (including phenoxy) is 3. The van der Waals surface area contributed by atoms with Crippen LogP contribution in [0.4, 0.5) is 0 Å². The highest BCUT2D eigenvalue weighted by Crippen LogP contribution is 2.87. The first-order valence-corrected chi connectivity index (χ1v) is 31.3. The number of nitrogens with zero attached hydrogens (tertiary/aromatic N) is 1. The molecule has 1 aliphatic heterocycles. The molecule has 0 N–H and O–H groups in total. The van der Waals surface area contributed by atoms with Gasteiger partial charge in [-0.2, -0.15) is 0 Å². The summed E-state index contributed by atoms with van der Waals surface area (Å²) in [5.41, 5.74) is 2.20. The summed E-state index contributed by atoms with van der Waals surface area (Å²) in [7, 11) is 4.48. The van der Waals surface area contributed by atoms with Gasteiger partial charge in [-0.3, -0.25) is 9.59 Å². The summed E-state index contributed by atoms with van der Waals surface area (Å²) in [6.07, 6.45) is 5.51. The van der Waals surface area contributed by atoms with Crippen molar-refractivity contribution in [1.29, 1.82) is 0 Å². The van der Waals surface area contributed by atoms with Crippen LogP contribution in [-0.4, -0.2) is 62.1 Å². The Labute approximate surface area is 468 Å². The number of rotatable bonds is 11. The van der Waals surface area contributed by atoms with Gasteiger partial charge in [0.15, 0.2) is 0 Å². The molecule has 1 saturated heterocycles. The minimum absolute atomic E-state index is 0.175. The largest absolute Gasteiger partial charge is 0.469 e. The third-order valence-corrected chi connectivity index (χ3v) is 28.2. The summed E-state index contributed by atoms with van der Waals surface area (Å²) in [6, 6.07) is -2.38. The lowest BCUT2D eigenvalue weighted by Gasteiger charge is -2.51. The van der Waals surface area contributed by atoms with Crippen molar-refractivity contribution < 1.29 is 33.4 Å². The van der Waals surface area contributed by atoms with Crippen LogP contribution in [-0.2, 0) is 44.2 Å². The van der Waals surface area contributed by atoms with Gasteiger partial charge >= 0.3 is 17.9 Å². The molecule has 2 spiro atoms. The van der Waals surface area contributed by atoms with Crippen molar-refractivity contribution in [3.05, 3.63) is 22.3 Å². The zero-order valence-corrected chi connectivity index (χ0v) is 45.1. The molecular weight excluding hydrogens is 1050 g/mol. The van der Waals surface area contributed by atoms with Gasteiger partial charge in [0.25, 0.3) is 0 Å². The van der Waals surface area contributed by atoms with Crippen molar-refractivity contribution in [3.8, 4) is 0 Å². The number of hydrogen-bond donors (Lipinski definition) is 0. The van der Waals surface area contributed by atoms with Gasteiger partial charge in [0.1, 0.15) is 12.1 Å². The van der Waals surface area contributed by atoms with Gasteiger partial charge < -0.3 is 19.1 Å². The van der Waals surface area contributed by atoms with E-state index in [2.05, 4.69) is 0 Å². The number of carbonyl (C=O) groups excluding carboxylic acids is 4. The predicted molar refractivity (Wildman–Crippen MR) is 341 cm³/mol. The molecule has 8 heteroatoms. The molecule has 8 nitrogen and oxygen atoms in total. The van der Waals surface area contributed by atoms with Crippen molar-refractivity contribution in [2.24, 2.45) is 0 Å². The molecular formula is C77H27NO7. The number of methoxy groups -OCH3 is 3. The number of amides is 1. The van der Waals surface area contributed by atoms with Crippen LogP contribution < -0.4 is 0 Å². The van der Waals surface area contributed by atoms with Crippen LogP contribution >= 0.6 is 0 Å². The first-order valence-electron chi connectivity index (χ1n) is 31.3. The fraction of sp³-hybridized carbons (Fsp3) is 0.195. The molecule has 33 rings (SSSR count). The van der Waals surface area contributed by atoms with E-state index in [0.717, 1.165) is 32.1 Å². The molecule has 1 fully saturated rings. The van der Waals surface area contributed by atoms with E-state index < -0.39 is 34.9 Å². The molecule has 0 aromatic heterocycles. The summed E-state index contributed by atoms with van der Waals surface area (Å²) >= 11 is 0. The van der Waals surface area contributed by atoms with Crippen LogP contribution in [0.1, 0.15) is 73.6 Å². The monoisotopic (exact) mass is 1080 g/mol. The molecule has 5 aliphatic rings. The van der Waals surface area contributed by atoms with Gasteiger partial charge in [0.05, 0.1) is 32.2 Å². The quantitative estimate of drug-likeness (QED) is 0.0550. The average Bonchev–Trinajstić information content (AvgIpc) is 1.38. The molecule has 1 amide bonds. The lowest BCUT2D eigenvalue weighted by atomic mass is 9.46. The molecule has 2 atom stereocenters. The summed E-state index contributed by atoms with van der Waals surface area (Å²) in [4.78, 5) is 63.8. The third-order valence-electron chi connectivity index (χ3n) is 28.2. The Balaban J connectivity index is 0.923. The van der Waals surface area contributed by atoms with E-state index in [9.17, 15) is 4.79 Å². The van der Waals surface area contributed by atoms with Gasteiger partial charge in [-0.1, -0.05) is 25.7 Å². The van der Waals surface area contributed by atoms with Gasteiger partial charge in [-0.15, -0.1) is 0 Å². The molecule has 382 valence electrons. The fourth-order valence-corrected chi connectivity index (χ4v) is 27.5. The molecule has 1 heterocycles. The number of unbranched alkanes of at least 4 members (excludes halogenated alkanes) is 5. The van der Waals surface area contributed by atoms with Crippen LogP contribution in [0.25, 0.3) is 291 Å². The maximum Gasteiger partial charge on any atom is 0.329 e. The number of benzene rings is 18. The standard InChI is InChI=1S/C77H27NO7/c1-83-13(80)11-9-7-5-4-6-8-10-12(79)78-72(74(81)84-2)76-68-60-52-42-32-24-16-14-15-18-22-20(16)28-36-30(22)40-34-26(18)27-19(15)23-21-17(14)25(24)33-39-29(21)37-31(23)41-35(27)45-44(34)54-48(40)58-50(36)56(46(52)38(28)32)64(68)66(58)70-62(54)63-55(45)49(41)59-51(37)57-47(39)53(43(33)42)61(60)69(76)65(57)67(59)71(63)77(70,76)73(78)75(82)85-3/h72-73H,4-11H2,1-3H3/t72-,73+,76?,77?. The smallest absolute Gasteiger partial charge is 0.329 e. The molecule has 85 heavy (non-hydrogen) atoms. The van der Waals surface area contributed by atoms with Gasteiger partial charge in [0, 0.05) is 12.8 Å². The van der Waals surface area contributed by atoms with Crippen LogP contribution in [0, 0.1) is 0 Å². The summed E-state index contributed by atoms with van der Waals surface area (Å²) in [5, 5.41) is 77.0. The second-order valence-electron chi connectivity index (χ2n) is 29.2. The van der Waals surface area contributed by atoms with E-state index in [1.807, 2.05) is 4.90 Å². The molecule has 28 aromatic rings. The van der Waals surface area contributed by atoms with E-state index in [-0.39, 0.29) is 18.3 Å². The number of carbonyl (C=O) groups is 4. The van der Waals surface area contributed by atoms with Crippen LogP contribution in [0.5, 0.6) is 0 Å². The van der Waals surface area contributed by atoms with E-state index in [4.69, 9.17) is 14.2 Å². The van der Waals surface area contributed by atoms with Crippen molar-refractivity contribution >= 4 is 315 Å². The minimum atomic E-state index is -1.28. The van der Waals surface area contributed by atoms with Gasteiger partial charge in [-0.25, -0.2) is 9.59 Å². The Morgan fingerprint density at radius 1 is 0.259 bits per heavy atom. The Bertz CT molecular complexity index is 7180. The zero-order chi connectivity index (χ0) is 53.3. The molecule has 4 aliphatic carbocycles. The second kappa shape index (κ2) is 9.21. The molecule has 0 unspecified atom stereocenters. The maximum atomic E-state index is 16.7. The van der Waals surface area contributed by atoms with Crippen LogP contribution in [0.2, 0.25) is 0 Å². The first kappa shape index (κ1) is 36.8. The minimum Gasteiger partial charge on any atom is -0.469 e. The second-order valence-corrected chi connectivity index (χ2v) is 29.2. The summed E-state index contributed by atoms with van der Waals surface area (Å²) in [6.45, 7) is 0. The highest BCUT2D eigenvalue weighted by molar-refractivity contribution is 6.82. The van der Waals surface area contributed by atoms with Crippen molar-refractivity contribution in [2.75, 3.05) is 21.3 Å².